The Bertz CT molecular complexity index is 1150. The number of ether oxygens (including phenoxy) is 4. The van der Waals surface area contributed by atoms with Gasteiger partial charge in [-0.2, -0.15) is 0 Å². The van der Waals surface area contributed by atoms with Crippen LogP contribution in [-0.2, 0) is 14.3 Å². The maximum Gasteiger partial charge on any atom is 0.339 e. The highest BCUT2D eigenvalue weighted by atomic mass is 16.5. The van der Waals surface area contributed by atoms with E-state index in [-0.39, 0.29) is 29.6 Å². The maximum atomic E-state index is 12.6. The third-order valence-electron chi connectivity index (χ3n) is 4.72. The lowest BCUT2D eigenvalue weighted by Gasteiger charge is -2.16. The lowest BCUT2D eigenvalue weighted by Crippen LogP contribution is -2.26. The van der Waals surface area contributed by atoms with E-state index < -0.39 is 18.0 Å². The number of hydrogen-bond donors (Lipinski definition) is 2. The molecule has 0 aliphatic carbocycles. The first-order valence-corrected chi connectivity index (χ1v) is 10.2. The molecule has 0 saturated carbocycles. The van der Waals surface area contributed by atoms with Gasteiger partial charge in [-0.25, -0.2) is 4.79 Å². The third kappa shape index (κ3) is 6.26. The first-order chi connectivity index (χ1) is 16.4. The van der Waals surface area contributed by atoms with Crippen molar-refractivity contribution in [1.82, 2.24) is 0 Å². The van der Waals surface area contributed by atoms with Crippen molar-refractivity contribution in [3.05, 3.63) is 83.9 Å². The molecule has 0 fully saturated rings. The molecule has 3 aromatic carbocycles. The van der Waals surface area contributed by atoms with Crippen molar-refractivity contribution >= 4 is 23.5 Å². The summed E-state index contributed by atoms with van der Waals surface area (Å²) in [4.78, 5) is 36.6. The molecule has 0 heterocycles. The molecule has 3 rings (SSSR count). The number of primary amides is 1. The summed E-state index contributed by atoms with van der Waals surface area (Å²) in [7, 11) is 2.95. The zero-order valence-corrected chi connectivity index (χ0v) is 18.6. The van der Waals surface area contributed by atoms with E-state index in [0.29, 0.717) is 17.0 Å². The molecule has 3 N–H and O–H groups in total. The lowest BCUT2D eigenvalue weighted by molar-refractivity contribution is -0.127. The van der Waals surface area contributed by atoms with Gasteiger partial charge >= 0.3 is 5.97 Å². The van der Waals surface area contributed by atoms with Gasteiger partial charge in [0, 0.05) is 11.3 Å². The Morgan fingerprint density at radius 3 is 2.21 bits per heavy atom. The molecule has 0 bridgehead atoms. The van der Waals surface area contributed by atoms with Crippen LogP contribution in [0.15, 0.2) is 72.8 Å². The number of esters is 1. The van der Waals surface area contributed by atoms with Crippen LogP contribution in [0.1, 0.15) is 22.0 Å². The molecule has 0 saturated heterocycles. The molecule has 1 unspecified atom stereocenters. The Morgan fingerprint density at radius 1 is 0.882 bits per heavy atom. The molecule has 1 atom stereocenters. The standard InChI is InChI=1S/C25H24N2O7/c1-31-19-11-9-18(10-12-19)27-22(28)15-33-20-13-8-17(14-21(20)32-2)25(30)34-23(24(26)29)16-6-4-3-5-7-16/h3-14,23H,15H2,1-2H3,(H2,26,29)(H,27,28). The maximum absolute atomic E-state index is 12.6. The highest BCUT2D eigenvalue weighted by molar-refractivity contribution is 5.93. The molecule has 3 aromatic rings. The Hall–Kier alpha value is -4.53. The van der Waals surface area contributed by atoms with Crippen LogP contribution in [0.25, 0.3) is 0 Å². The van der Waals surface area contributed by atoms with Crippen LogP contribution in [0.4, 0.5) is 5.69 Å². The molecule has 9 nitrogen and oxygen atoms in total. The molecular formula is C25H24N2O7. The molecule has 0 aliphatic heterocycles. The SMILES string of the molecule is COc1ccc(NC(=O)COc2ccc(C(=O)OC(C(N)=O)c3ccccc3)cc2OC)cc1. The minimum absolute atomic E-state index is 0.120. The summed E-state index contributed by atoms with van der Waals surface area (Å²) in [5.74, 6) is -0.823. The van der Waals surface area contributed by atoms with Crippen molar-refractivity contribution in [1.29, 1.82) is 0 Å². The van der Waals surface area contributed by atoms with Gasteiger partial charge in [0.05, 0.1) is 19.8 Å². The molecule has 0 spiro atoms. The second-order valence-electron chi connectivity index (χ2n) is 7.03. The van der Waals surface area contributed by atoms with Crippen molar-refractivity contribution in [2.45, 2.75) is 6.10 Å². The topological polar surface area (TPSA) is 126 Å². The molecule has 0 aromatic heterocycles. The predicted molar refractivity (Wildman–Crippen MR) is 124 cm³/mol. The Kier molecular flexibility index (Phi) is 8.07. The van der Waals surface area contributed by atoms with E-state index in [9.17, 15) is 14.4 Å². The van der Waals surface area contributed by atoms with Crippen LogP contribution < -0.4 is 25.3 Å². The van der Waals surface area contributed by atoms with Gasteiger partial charge in [-0.05, 0) is 42.5 Å². The number of methoxy groups -OCH3 is 2. The Morgan fingerprint density at radius 2 is 1.59 bits per heavy atom. The summed E-state index contributed by atoms with van der Waals surface area (Å²) >= 11 is 0. The summed E-state index contributed by atoms with van der Waals surface area (Å²) in [5, 5.41) is 2.70. The minimum Gasteiger partial charge on any atom is -0.497 e. The number of carbonyl (C=O) groups excluding carboxylic acids is 3. The summed E-state index contributed by atoms with van der Waals surface area (Å²) in [6.45, 7) is -0.288. The van der Waals surface area contributed by atoms with Crippen molar-refractivity contribution in [3.8, 4) is 17.2 Å². The van der Waals surface area contributed by atoms with Gasteiger partial charge in [0.1, 0.15) is 5.75 Å². The van der Waals surface area contributed by atoms with Crippen LogP contribution >= 0.6 is 0 Å². The van der Waals surface area contributed by atoms with Crippen LogP contribution in [0.2, 0.25) is 0 Å². The van der Waals surface area contributed by atoms with E-state index >= 15 is 0 Å². The van der Waals surface area contributed by atoms with Gasteiger partial charge in [-0.15, -0.1) is 0 Å². The molecule has 0 radical (unpaired) electrons. The molecule has 9 heteroatoms. The number of nitrogens with one attached hydrogen (secondary N) is 1. The fourth-order valence-electron chi connectivity index (χ4n) is 3.02. The first kappa shape index (κ1) is 24.1. The van der Waals surface area contributed by atoms with Crippen LogP contribution in [0, 0.1) is 0 Å². The number of benzene rings is 3. The average Bonchev–Trinajstić information content (AvgIpc) is 2.86. The van der Waals surface area contributed by atoms with Gasteiger partial charge in [-0.3, -0.25) is 9.59 Å². The number of carbonyl (C=O) groups is 3. The highest BCUT2D eigenvalue weighted by Crippen LogP contribution is 2.29. The summed E-state index contributed by atoms with van der Waals surface area (Å²) in [5.41, 5.74) is 6.57. The molecule has 176 valence electrons. The van der Waals surface area contributed by atoms with E-state index in [1.807, 2.05) is 0 Å². The van der Waals surface area contributed by atoms with Crippen LogP contribution in [0.5, 0.6) is 17.2 Å². The molecule has 0 aliphatic rings. The monoisotopic (exact) mass is 464 g/mol. The summed E-state index contributed by atoms with van der Waals surface area (Å²) in [6, 6.07) is 19.6. The van der Waals surface area contributed by atoms with E-state index in [2.05, 4.69) is 5.32 Å². The van der Waals surface area contributed by atoms with Crippen molar-refractivity contribution < 1.29 is 33.3 Å². The van der Waals surface area contributed by atoms with E-state index in [4.69, 9.17) is 24.7 Å². The second-order valence-corrected chi connectivity index (χ2v) is 7.03. The summed E-state index contributed by atoms with van der Waals surface area (Å²) in [6.07, 6.45) is -1.24. The smallest absolute Gasteiger partial charge is 0.339 e. The number of nitrogens with two attached hydrogens (primary N) is 1. The van der Waals surface area contributed by atoms with Gasteiger partial charge in [0.15, 0.2) is 18.1 Å². The van der Waals surface area contributed by atoms with E-state index in [1.165, 1.54) is 25.3 Å². The summed E-state index contributed by atoms with van der Waals surface area (Å²) < 4.78 is 21.2. The zero-order valence-electron chi connectivity index (χ0n) is 18.6. The largest absolute Gasteiger partial charge is 0.497 e. The number of anilines is 1. The van der Waals surface area contributed by atoms with Crippen molar-refractivity contribution in [3.63, 3.8) is 0 Å². The first-order valence-electron chi connectivity index (χ1n) is 10.2. The van der Waals surface area contributed by atoms with Crippen LogP contribution in [-0.4, -0.2) is 38.6 Å². The molecular weight excluding hydrogens is 440 g/mol. The highest BCUT2D eigenvalue weighted by Gasteiger charge is 2.24. The van der Waals surface area contributed by atoms with Crippen LogP contribution in [0.3, 0.4) is 0 Å². The van der Waals surface area contributed by atoms with Gasteiger partial charge in [0.25, 0.3) is 11.8 Å². The normalized spacial score (nSPS) is 11.1. The van der Waals surface area contributed by atoms with Gasteiger partial charge in [-0.1, -0.05) is 30.3 Å². The number of hydrogen-bond acceptors (Lipinski definition) is 7. The fraction of sp³-hybridized carbons (Fsp3) is 0.160. The second kappa shape index (κ2) is 11.4. The Labute approximate surface area is 196 Å². The Balaban J connectivity index is 1.64. The number of rotatable bonds is 10. The van der Waals surface area contributed by atoms with Gasteiger partial charge in [0.2, 0.25) is 6.10 Å². The van der Waals surface area contributed by atoms with E-state index in [1.54, 1.807) is 61.7 Å². The predicted octanol–water partition coefficient (Wildman–Crippen LogP) is 3.10. The van der Waals surface area contributed by atoms with Crippen molar-refractivity contribution in [2.75, 3.05) is 26.1 Å². The lowest BCUT2D eigenvalue weighted by atomic mass is 10.1. The molecule has 2 amide bonds. The zero-order chi connectivity index (χ0) is 24.5. The van der Waals surface area contributed by atoms with Gasteiger partial charge < -0.3 is 30.0 Å². The number of amides is 2. The average molecular weight is 464 g/mol. The van der Waals surface area contributed by atoms with Crippen molar-refractivity contribution in [2.24, 2.45) is 5.73 Å². The molecule has 34 heavy (non-hydrogen) atoms. The van der Waals surface area contributed by atoms with E-state index in [0.717, 1.165) is 0 Å². The third-order valence-corrected chi connectivity index (χ3v) is 4.72. The fourth-order valence-corrected chi connectivity index (χ4v) is 3.02. The minimum atomic E-state index is -1.24. The quantitative estimate of drug-likeness (QED) is 0.442.